The molecule has 0 saturated carbocycles. The van der Waals surface area contributed by atoms with E-state index in [1.165, 1.54) is 0 Å². The molecule has 29 heavy (non-hydrogen) atoms. The number of allylic oxidation sites excluding steroid dienone is 1. The first-order valence-electron chi connectivity index (χ1n) is 10.9. The van der Waals surface area contributed by atoms with Gasteiger partial charge in [-0.1, -0.05) is 70.9 Å². The van der Waals surface area contributed by atoms with Gasteiger partial charge in [0.15, 0.2) is 5.78 Å². The van der Waals surface area contributed by atoms with Crippen molar-refractivity contribution >= 4 is 17.2 Å². The summed E-state index contributed by atoms with van der Waals surface area (Å²) in [6.07, 6.45) is 6.17. The number of carbonyl (C=O) groups is 1. The van der Waals surface area contributed by atoms with Crippen molar-refractivity contribution in [2.24, 2.45) is 0 Å². The van der Waals surface area contributed by atoms with Crippen LogP contribution in [-0.2, 0) is 4.79 Å². The van der Waals surface area contributed by atoms with Gasteiger partial charge in [0, 0.05) is 29.4 Å². The van der Waals surface area contributed by atoms with Gasteiger partial charge in [0.05, 0.1) is 0 Å². The maximum atomic E-state index is 11.7. The molecule has 2 rings (SSSR count). The number of nitrogens with one attached hydrogen (secondary N) is 1. The van der Waals surface area contributed by atoms with E-state index >= 15 is 0 Å². The van der Waals surface area contributed by atoms with Crippen molar-refractivity contribution in [2.45, 2.75) is 73.3 Å². The summed E-state index contributed by atoms with van der Waals surface area (Å²) < 4.78 is 6.13. The summed E-state index contributed by atoms with van der Waals surface area (Å²) in [5, 5.41) is 3.62. The Labute approximate surface area is 177 Å². The Morgan fingerprint density at radius 2 is 1.69 bits per heavy atom. The number of hydrogen-bond donors (Lipinski definition) is 1. The summed E-state index contributed by atoms with van der Waals surface area (Å²) in [6, 6.07) is 16.4. The van der Waals surface area contributed by atoms with E-state index < -0.39 is 0 Å². The molecular formula is C26H37NO2. The van der Waals surface area contributed by atoms with Crippen LogP contribution < -0.4 is 10.1 Å². The Hall–Kier alpha value is -2.55. The van der Waals surface area contributed by atoms with Gasteiger partial charge in [0.2, 0.25) is 0 Å². The van der Waals surface area contributed by atoms with Crippen molar-refractivity contribution in [1.29, 1.82) is 0 Å². The number of hydrogen-bond acceptors (Lipinski definition) is 3. The van der Waals surface area contributed by atoms with Gasteiger partial charge in [-0.15, -0.1) is 0 Å². The number of rotatable bonds is 10. The molecule has 0 aliphatic heterocycles. The molecule has 2 aromatic carbocycles. The number of ketones is 1. The fraction of sp³-hybridized carbons (Fsp3) is 0.423. The van der Waals surface area contributed by atoms with E-state index in [0.29, 0.717) is 11.8 Å². The lowest BCUT2D eigenvalue weighted by atomic mass is 10.1. The highest BCUT2D eigenvalue weighted by Crippen LogP contribution is 2.26. The average Bonchev–Trinajstić information content (AvgIpc) is 2.70. The molecule has 158 valence electrons. The fourth-order valence-electron chi connectivity index (χ4n) is 3.19. The summed E-state index contributed by atoms with van der Waals surface area (Å²) in [6.45, 7) is 12.0. The van der Waals surface area contributed by atoms with Gasteiger partial charge in [-0.2, -0.15) is 0 Å². The zero-order valence-electron chi connectivity index (χ0n) is 18.9. The van der Waals surface area contributed by atoms with Crippen LogP contribution in [0.2, 0.25) is 0 Å². The lowest BCUT2D eigenvalue weighted by molar-refractivity contribution is -0.112. The molecule has 3 nitrogen and oxygen atoms in total. The maximum Gasteiger partial charge on any atom is 0.156 e. The molecule has 0 saturated heterocycles. The number of benzene rings is 2. The molecule has 0 bridgehead atoms. The smallest absolute Gasteiger partial charge is 0.156 e. The Morgan fingerprint density at radius 1 is 1.03 bits per heavy atom. The first-order valence-corrected chi connectivity index (χ1v) is 10.9. The Bertz CT molecular complexity index is 774. The number of ether oxygens (including phenoxy) is 1. The number of carbonyl (C=O) groups excluding carboxylic acids is 1. The van der Waals surface area contributed by atoms with Crippen LogP contribution in [0, 0.1) is 6.92 Å². The average molecular weight is 396 g/mol. The van der Waals surface area contributed by atoms with Crippen molar-refractivity contribution in [3.05, 3.63) is 65.7 Å². The second-order valence-corrected chi connectivity index (χ2v) is 6.98. The second-order valence-electron chi connectivity index (χ2n) is 6.98. The molecule has 0 aliphatic rings. The quantitative estimate of drug-likeness (QED) is 0.336. The zero-order valence-corrected chi connectivity index (χ0v) is 18.9. The molecule has 0 spiro atoms. The molecule has 0 fully saturated rings. The molecule has 2 aromatic rings. The summed E-state index contributed by atoms with van der Waals surface area (Å²) in [5.41, 5.74) is 3.05. The Morgan fingerprint density at radius 3 is 2.28 bits per heavy atom. The first-order chi connectivity index (χ1) is 14.0. The van der Waals surface area contributed by atoms with Gasteiger partial charge < -0.3 is 10.1 Å². The number of anilines is 1. The van der Waals surface area contributed by atoms with E-state index in [0.717, 1.165) is 48.2 Å². The minimum absolute atomic E-state index is 0.0338. The molecule has 0 aliphatic carbocycles. The number of aryl methyl sites for hydroxylation is 1. The van der Waals surface area contributed by atoms with Crippen LogP contribution in [0.3, 0.4) is 0 Å². The van der Waals surface area contributed by atoms with Crippen LogP contribution >= 0.6 is 0 Å². The summed E-state index contributed by atoms with van der Waals surface area (Å²) in [4.78, 5) is 11.7. The molecule has 1 N–H and O–H groups in total. The lowest BCUT2D eigenvalue weighted by Gasteiger charge is -2.19. The van der Waals surface area contributed by atoms with Crippen molar-refractivity contribution in [3.63, 3.8) is 0 Å². The molecule has 3 heteroatoms. The SMILES string of the molecule is CC.CCCC(CCC)Nc1cccc(O/C(=C/C(C)=O)c2ccccc2C)c1. The van der Waals surface area contributed by atoms with Crippen molar-refractivity contribution in [2.75, 3.05) is 5.32 Å². The van der Waals surface area contributed by atoms with Crippen LogP contribution in [0.15, 0.2) is 54.6 Å². The van der Waals surface area contributed by atoms with E-state index in [9.17, 15) is 4.79 Å². The van der Waals surface area contributed by atoms with Crippen LogP contribution in [-0.4, -0.2) is 11.8 Å². The zero-order chi connectivity index (χ0) is 21.6. The van der Waals surface area contributed by atoms with E-state index in [-0.39, 0.29) is 5.78 Å². The predicted octanol–water partition coefficient (Wildman–Crippen LogP) is 7.41. The minimum atomic E-state index is -0.0338. The predicted molar refractivity (Wildman–Crippen MR) is 125 cm³/mol. The van der Waals surface area contributed by atoms with E-state index in [1.807, 2.05) is 63.2 Å². The third-order valence-corrected chi connectivity index (χ3v) is 4.45. The fourth-order valence-corrected chi connectivity index (χ4v) is 3.19. The molecule has 0 heterocycles. The van der Waals surface area contributed by atoms with Crippen molar-refractivity contribution in [1.82, 2.24) is 0 Å². The van der Waals surface area contributed by atoms with Crippen molar-refractivity contribution < 1.29 is 9.53 Å². The highest BCUT2D eigenvalue weighted by Gasteiger charge is 2.11. The molecule has 0 amide bonds. The Kier molecular flexibility index (Phi) is 11.5. The largest absolute Gasteiger partial charge is 0.457 e. The highest BCUT2D eigenvalue weighted by molar-refractivity contribution is 5.94. The van der Waals surface area contributed by atoms with Gasteiger partial charge in [-0.25, -0.2) is 0 Å². The van der Waals surface area contributed by atoms with Gasteiger partial charge >= 0.3 is 0 Å². The normalized spacial score (nSPS) is 10.9. The topological polar surface area (TPSA) is 38.3 Å². The summed E-state index contributed by atoms with van der Waals surface area (Å²) in [7, 11) is 0. The summed E-state index contributed by atoms with van der Waals surface area (Å²) >= 11 is 0. The maximum absolute atomic E-state index is 11.7. The third-order valence-electron chi connectivity index (χ3n) is 4.45. The lowest BCUT2D eigenvalue weighted by Crippen LogP contribution is -2.18. The molecule has 0 unspecified atom stereocenters. The molecule has 0 radical (unpaired) electrons. The monoisotopic (exact) mass is 395 g/mol. The van der Waals surface area contributed by atoms with Gasteiger partial charge in [0.1, 0.15) is 11.5 Å². The van der Waals surface area contributed by atoms with E-state index in [1.54, 1.807) is 13.0 Å². The van der Waals surface area contributed by atoms with Crippen LogP contribution in [0.25, 0.3) is 5.76 Å². The van der Waals surface area contributed by atoms with E-state index in [2.05, 4.69) is 25.2 Å². The molecule has 0 aromatic heterocycles. The van der Waals surface area contributed by atoms with Crippen LogP contribution in [0.1, 0.15) is 71.4 Å². The third kappa shape index (κ3) is 8.55. The van der Waals surface area contributed by atoms with Crippen LogP contribution in [0.5, 0.6) is 5.75 Å². The second kappa shape index (κ2) is 13.6. The van der Waals surface area contributed by atoms with Crippen LogP contribution in [0.4, 0.5) is 5.69 Å². The van der Waals surface area contributed by atoms with Gasteiger partial charge in [-0.05, 0) is 44.4 Å². The van der Waals surface area contributed by atoms with E-state index in [4.69, 9.17) is 4.74 Å². The van der Waals surface area contributed by atoms with Crippen molar-refractivity contribution in [3.8, 4) is 5.75 Å². The minimum Gasteiger partial charge on any atom is -0.457 e. The first kappa shape index (κ1) is 24.5. The summed E-state index contributed by atoms with van der Waals surface area (Å²) in [5.74, 6) is 1.27. The van der Waals surface area contributed by atoms with Gasteiger partial charge in [0.25, 0.3) is 0 Å². The molecule has 0 atom stereocenters. The standard InChI is InChI=1S/C24H31NO2.C2H6/c1-5-10-20(11-6-2)25-21-13-9-14-22(17-21)27-24(16-19(4)26)23-15-8-7-12-18(23)3;1-2/h7-9,12-17,20,25H,5-6,10-11H2,1-4H3;1-2H3/b24-16+;. The highest BCUT2D eigenvalue weighted by atomic mass is 16.5. The van der Waals surface area contributed by atoms with Gasteiger partial charge in [-0.3, -0.25) is 4.79 Å². The Balaban J connectivity index is 0.00000204. The molecular weight excluding hydrogens is 358 g/mol.